The van der Waals surface area contributed by atoms with Gasteiger partial charge in [0.25, 0.3) is 0 Å². The van der Waals surface area contributed by atoms with Crippen LogP contribution in [0.2, 0.25) is 0 Å². The first kappa shape index (κ1) is 20.5. The molecule has 4 aromatic carbocycles. The van der Waals surface area contributed by atoms with Crippen LogP contribution >= 0.6 is 23.1 Å². The molecule has 5 rings (SSSR count). The predicted octanol–water partition coefficient (Wildman–Crippen LogP) is 7.44. The Morgan fingerprint density at radius 1 is 0.812 bits per heavy atom. The summed E-state index contributed by atoms with van der Waals surface area (Å²) in [6.07, 6.45) is 0. The van der Waals surface area contributed by atoms with E-state index in [0.29, 0.717) is 5.13 Å². The monoisotopic (exact) mass is 452 g/mol. The van der Waals surface area contributed by atoms with E-state index < -0.39 is 0 Å². The van der Waals surface area contributed by atoms with Crippen molar-refractivity contribution in [3.63, 3.8) is 0 Å². The van der Waals surface area contributed by atoms with Crippen molar-refractivity contribution in [2.24, 2.45) is 0 Å². The molecule has 0 bridgehead atoms. The number of nitrogens with zero attached hydrogens (tertiary/aromatic N) is 1. The normalized spacial score (nSPS) is 11.9. The molecule has 32 heavy (non-hydrogen) atoms. The van der Waals surface area contributed by atoms with Crippen LogP contribution in [0.3, 0.4) is 0 Å². The van der Waals surface area contributed by atoms with Gasteiger partial charge in [-0.05, 0) is 28.5 Å². The number of benzene rings is 4. The number of rotatable bonds is 6. The van der Waals surface area contributed by atoms with Crippen molar-refractivity contribution in [2.75, 3.05) is 5.32 Å². The number of anilines is 1. The third-order valence-electron chi connectivity index (χ3n) is 5.14. The molecule has 0 radical (unpaired) electrons. The number of nitrogens with one attached hydrogen (secondary N) is 1. The fraction of sp³-hybridized carbons (Fsp3) is 0.0370. The van der Waals surface area contributed by atoms with E-state index in [1.807, 2.05) is 84.2 Å². The molecule has 1 N–H and O–H groups in total. The van der Waals surface area contributed by atoms with Crippen LogP contribution in [0.25, 0.3) is 22.0 Å². The lowest BCUT2D eigenvalue weighted by atomic mass is 10.0. The lowest BCUT2D eigenvalue weighted by Crippen LogP contribution is -2.18. The topological polar surface area (TPSA) is 42.0 Å². The number of carbonyl (C=O) groups excluding carboxylic acids is 1. The zero-order chi connectivity index (χ0) is 21.8. The third-order valence-corrected chi connectivity index (χ3v) is 7.16. The Labute approximate surface area is 195 Å². The molecule has 5 heteroatoms. The van der Waals surface area contributed by atoms with E-state index in [2.05, 4.69) is 29.6 Å². The standard InChI is InChI=1S/C27H20N2OS2/c30-26(25(20-11-3-1-4-12-20)32-21-14-5-2-6-15-21)29-27-28-24(18-31-27)23-17-9-13-19-10-7-8-16-22(19)23/h1-18,25H,(H,28,29,30). The summed E-state index contributed by atoms with van der Waals surface area (Å²) < 4.78 is 0. The summed E-state index contributed by atoms with van der Waals surface area (Å²) in [4.78, 5) is 19.1. The first-order valence-corrected chi connectivity index (χ1v) is 12.0. The van der Waals surface area contributed by atoms with Crippen LogP contribution in [0, 0.1) is 0 Å². The summed E-state index contributed by atoms with van der Waals surface area (Å²) in [5, 5.41) is 7.60. The molecule has 0 aliphatic rings. The van der Waals surface area contributed by atoms with Gasteiger partial charge in [0.2, 0.25) is 5.91 Å². The lowest BCUT2D eigenvalue weighted by Gasteiger charge is -2.16. The van der Waals surface area contributed by atoms with Gasteiger partial charge in [0.1, 0.15) is 5.25 Å². The van der Waals surface area contributed by atoms with Crippen LogP contribution in [-0.2, 0) is 4.79 Å². The maximum atomic E-state index is 13.3. The van der Waals surface area contributed by atoms with E-state index in [1.54, 1.807) is 0 Å². The molecule has 1 amide bonds. The Kier molecular flexibility index (Phi) is 6.01. The maximum Gasteiger partial charge on any atom is 0.244 e. The molecule has 0 saturated heterocycles. The second-order valence-corrected chi connectivity index (χ2v) is 9.31. The maximum absolute atomic E-state index is 13.3. The fourth-order valence-corrected chi connectivity index (χ4v) is 5.37. The first-order chi connectivity index (χ1) is 15.8. The van der Waals surface area contributed by atoms with E-state index in [0.717, 1.165) is 27.1 Å². The lowest BCUT2D eigenvalue weighted by molar-refractivity contribution is -0.115. The van der Waals surface area contributed by atoms with Gasteiger partial charge in [-0.3, -0.25) is 4.79 Å². The molecule has 3 nitrogen and oxygen atoms in total. The molecule has 0 aliphatic heterocycles. The van der Waals surface area contributed by atoms with Gasteiger partial charge in [0.15, 0.2) is 5.13 Å². The molecule has 156 valence electrons. The van der Waals surface area contributed by atoms with E-state index in [-0.39, 0.29) is 11.2 Å². The largest absolute Gasteiger partial charge is 0.301 e. The zero-order valence-corrected chi connectivity index (χ0v) is 18.8. The van der Waals surface area contributed by atoms with Gasteiger partial charge in [-0.1, -0.05) is 91.0 Å². The van der Waals surface area contributed by atoms with Gasteiger partial charge in [0, 0.05) is 15.8 Å². The Morgan fingerprint density at radius 3 is 2.31 bits per heavy atom. The van der Waals surface area contributed by atoms with Crippen LogP contribution in [0.4, 0.5) is 5.13 Å². The minimum absolute atomic E-state index is 0.0797. The van der Waals surface area contributed by atoms with Crippen molar-refractivity contribution in [3.8, 4) is 11.3 Å². The van der Waals surface area contributed by atoms with Crippen LogP contribution in [0.5, 0.6) is 0 Å². The predicted molar refractivity (Wildman–Crippen MR) is 135 cm³/mol. The Balaban J connectivity index is 1.41. The van der Waals surface area contributed by atoms with Gasteiger partial charge in [-0.15, -0.1) is 23.1 Å². The number of hydrogen-bond donors (Lipinski definition) is 1. The summed E-state index contributed by atoms with van der Waals surface area (Å²) in [5.41, 5.74) is 2.90. The van der Waals surface area contributed by atoms with Crippen molar-refractivity contribution >= 4 is 44.9 Å². The zero-order valence-electron chi connectivity index (χ0n) is 17.1. The number of aromatic nitrogens is 1. The van der Waals surface area contributed by atoms with Crippen LogP contribution in [0.1, 0.15) is 10.8 Å². The van der Waals surface area contributed by atoms with E-state index in [4.69, 9.17) is 4.98 Å². The van der Waals surface area contributed by atoms with Gasteiger partial charge in [-0.2, -0.15) is 0 Å². The summed E-state index contributed by atoms with van der Waals surface area (Å²) in [5.74, 6) is -0.0797. The van der Waals surface area contributed by atoms with Gasteiger partial charge in [-0.25, -0.2) is 4.98 Å². The van der Waals surface area contributed by atoms with Crippen LogP contribution < -0.4 is 5.32 Å². The highest BCUT2D eigenvalue weighted by Gasteiger charge is 2.23. The Bertz CT molecular complexity index is 1340. The highest BCUT2D eigenvalue weighted by atomic mass is 32.2. The number of carbonyl (C=O) groups is 1. The molecular weight excluding hydrogens is 432 g/mol. The van der Waals surface area contributed by atoms with Crippen LogP contribution in [0.15, 0.2) is 113 Å². The van der Waals surface area contributed by atoms with Gasteiger partial charge >= 0.3 is 0 Å². The van der Waals surface area contributed by atoms with E-state index >= 15 is 0 Å². The van der Waals surface area contributed by atoms with E-state index in [9.17, 15) is 4.79 Å². The molecule has 1 heterocycles. The number of hydrogen-bond acceptors (Lipinski definition) is 4. The summed E-state index contributed by atoms with van der Waals surface area (Å²) >= 11 is 2.99. The second-order valence-electron chi connectivity index (χ2n) is 7.28. The van der Waals surface area contributed by atoms with Gasteiger partial charge in [0.05, 0.1) is 5.69 Å². The average molecular weight is 453 g/mol. The van der Waals surface area contributed by atoms with Crippen molar-refractivity contribution in [3.05, 3.63) is 114 Å². The summed E-state index contributed by atoms with van der Waals surface area (Å²) in [7, 11) is 0. The smallest absolute Gasteiger partial charge is 0.244 e. The van der Waals surface area contributed by atoms with Crippen molar-refractivity contribution in [1.29, 1.82) is 0 Å². The van der Waals surface area contributed by atoms with Gasteiger partial charge < -0.3 is 5.32 Å². The molecule has 1 unspecified atom stereocenters. The highest BCUT2D eigenvalue weighted by Crippen LogP contribution is 2.37. The third kappa shape index (κ3) is 4.44. The Morgan fingerprint density at radius 2 is 1.50 bits per heavy atom. The quantitative estimate of drug-likeness (QED) is 0.272. The Hall–Kier alpha value is -3.41. The SMILES string of the molecule is O=C(Nc1nc(-c2cccc3ccccc23)cs1)C(Sc1ccccc1)c1ccccc1. The summed E-state index contributed by atoms with van der Waals surface area (Å²) in [6, 6.07) is 34.3. The number of thioether (sulfide) groups is 1. The number of fused-ring (bicyclic) bond motifs is 1. The number of thiazole rings is 1. The highest BCUT2D eigenvalue weighted by molar-refractivity contribution is 8.00. The van der Waals surface area contributed by atoms with Crippen molar-refractivity contribution < 1.29 is 4.79 Å². The molecule has 0 spiro atoms. The minimum Gasteiger partial charge on any atom is -0.301 e. The molecule has 0 aliphatic carbocycles. The molecular formula is C27H20N2OS2. The van der Waals surface area contributed by atoms with Crippen LogP contribution in [-0.4, -0.2) is 10.9 Å². The second kappa shape index (κ2) is 9.39. The average Bonchev–Trinajstić information content (AvgIpc) is 3.31. The first-order valence-electron chi connectivity index (χ1n) is 10.3. The molecule has 5 aromatic rings. The fourth-order valence-electron chi connectivity index (χ4n) is 3.61. The molecule has 0 fully saturated rings. The molecule has 0 saturated carbocycles. The summed E-state index contributed by atoms with van der Waals surface area (Å²) in [6.45, 7) is 0. The van der Waals surface area contributed by atoms with Crippen molar-refractivity contribution in [1.82, 2.24) is 4.98 Å². The van der Waals surface area contributed by atoms with Crippen molar-refractivity contribution in [2.45, 2.75) is 10.1 Å². The molecule has 1 atom stereocenters. The molecule has 1 aromatic heterocycles. The minimum atomic E-state index is -0.372. The van der Waals surface area contributed by atoms with E-state index in [1.165, 1.54) is 28.5 Å². The number of amides is 1.